The molecule has 0 spiro atoms. The number of hydrogen-bond donors (Lipinski definition) is 0. The molecule has 1 saturated heterocycles. The van der Waals surface area contributed by atoms with Crippen LogP contribution in [0.15, 0.2) is 48.5 Å². The topological polar surface area (TPSA) is 86.7 Å². The zero-order valence-corrected chi connectivity index (χ0v) is 27.9. The lowest BCUT2D eigenvalue weighted by molar-refractivity contribution is -0.00541. The highest BCUT2D eigenvalue weighted by molar-refractivity contribution is 8.15. The summed E-state index contributed by atoms with van der Waals surface area (Å²) in [6.45, 7) is 3.01. The Morgan fingerprint density at radius 2 is 1.29 bits per heavy atom. The van der Waals surface area contributed by atoms with Gasteiger partial charge in [-0.25, -0.2) is 4.79 Å². The first-order chi connectivity index (χ1) is 20.2. The Balaban J connectivity index is 0.000000295. The molecular weight excluding hydrogens is 609 g/mol. The minimum Gasteiger partial charge on any atom is -0.459 e. The fraction of sp³-hybridized carbons (Fsp3) is 0.500. The molecule has 2 aliphatic rings. The molecule has 0 aromatic heterocycles. The molecule has 0 amide bonds. The van der Waals surface area contributed by atoms with E-state index in [0.717, 1.165) is 42.4 Å². The van der Waals surface area contributed by atoms with Gasteiger partial charge in [0.05, 0.1) is 11.7 Å². The Morgan fingerprint density at radius 1 is 0.786 bits per heavy atom. The van der Waals surface area contributed by atoms with Crippen molar-refractivity contribution in [2.45, 2.75) is 62.2 Å². The summed E-state index contributed by atoms with van der Waals surface area (Å²) in [5.74, 6) is 3.98. The summed E-state index contributed by atoms with van der Waals surface area (Å²) in [5.41, 5.74) is 2.20. The summed E-state index contributed by atoms with van der Waals surface area (Å²) in [7, 11) is 1.71. The van der Waals surface area contributed by atoms with Crippen LogP contribution in [-0.4, -0.2) is 81.7 Å². The van der Waals surface area contributed by atoms with Crippen LogP contribution in [0.3, 0.4) is 0 Å². The molecule has 230 valence electrons. The molecule has 1 saturated carbocycles. The van der Waals surface area contributed by atoms with Gasteiger partial charge in [0.15, 0.2) is 11.6 Å². The van der Waals surface area contributed by atoms with E-state index >= 15 is 0 Å². The van der Waals surface area contributed by atoms with Crippen molar-refractivity contribution in [1.29, 1.82) is 0 Å². The van der Waals surface area contributed by atoms with Gasteiger partial charge < -0.3 is 9.47 Å². The van der Waals surface area contributed by atoms with Gasteiger partial charge in [-0.2, -0.15) is 35.3 Å². The van der Waals surface area contributed by atoms with E-state index < -0.39 is 0 Å². The highest BCUT2D eigenvalue weighted by Crippen LogP contribution is 2.33. The van der Waals surface area contributed by atoms with Crippen molar-refractivity contribution in [2.24, 2.45) is 0 Å². The Bertz CT molecular complexity index is 1210. The maximum absolute atomic E-state index is 12.3. The number of rotatable bonds is 10. The van der Waals surface area contributed by atoms with Crippen LogP contribution >= 0.6 is 47.0 Å². The number of carbonyl (C=O) groups excluding carboxylic acids is 4. The smallest absolute Gasteiger partial charge is 0.338 e. The van der Waals surface area contributed by atoms with Gasteiger partial charge in [0, 0.05) is 58.7 Å². The van der Waals surface area contributed by atoms with Gasteiger partial charge in [-0.15, -0.1) is 0 Å². The molecule has 6 nitrogen and oxygen atoms in total. The zero-order chi connectivity index (χ0) is 30.5. The average Bonchev–Trinajstić information content (AvgIpc) is 3.01. The van der Waals surface area contributed by atoms with Gasteiger partial charge in [0.2, 0.25) is 5.12 Å². The number of benzene rings is 2. The van der Waals surface area contributed by atoms with E-state index in [4.69, 9.17) is 9.47 Å². The van der Waals surface area contributed by atoms with Crippen molar-refractivity contribution in [3.8, 4) is 0 Å². The second-order valence-electron chi connectivity index (χ2n) is 10.3. The van der Waals surface area contributed by atoms with Crippen LogP contribution in [0.2, 0.25) is 0 Å². The van der Waals surface area contributed by atoms with E-state index in [0.29, 0.717) is 27.5 Å². The summed E-state index contributed by atoms with van der Waals surface area (Å²) >= 11 is 7.32. The van der Waals surface area contributed by atoms with E-state index in [-0.39, 0.29) is 36.3 Å². The first-order valence-corrected chi connectivity index (χ1v) is 18.5. The van der Waals surface area contributed by atoms with Crippen molar-refractivity contribution >= 4 is 69.7 Å². The molecular formula is C32H42O6S4. The predicted octanol–water partition coefficient (Wildman–Crippen LogP) is 7.59. The van der Waals surface area contributed by atoms with Gasteiger partial charge in [-0.05, 0) is 64.0 Å². The Kier molecular flexibility index (Phi) is 15.0. The van der Waals surface area contributed by atoms with Crippen LogP contribution < -0.4 is 0 Å². The van der Waals surface area contributed by atoms with Gasteiger partial charge in [-0.3, -0.25) is 14.4 Å². The molecule has 4 rings (SSSR count). The fourth-order valence-corrected chi connectivity index (χ4v) is 9.92. The Labute approximate surface area is 268 Å². The third-order valence-corrected chi connectivity index (χ3v) is 12.5. The predicted molar refractivity (Wildman–Crippen MR) is 181 cm³/mol. The SMILES string of the molecule is COC1CCC(OC(=O)c2cccc(C(C)=O)c2)CC1.CSCC1CSC(CSC(=O)c2cccc(C(C)=O)c2)CS1.[HH]. The lowest BCUT2D eigenvalue weighted by atomic mass is 9.95. The first kappa shape index (κ1) is 34.8. The lowest BCUT2D eigenvalue weighted by Crippen LogP contribution is -2.27. The molecule has 2 aromatic rings. The van der Waals surface area contributed by atoms with E-state index in [2.05, 4.69) is 6.26 Å². The molecule has 2 aromatic carbocycles. The van der Waals surface area contributed by atoms with Crippen molar-refractivity contribution in [2.75, 3.05) is 36.4 Å². The standard InChI is InChI=1S/C16H20O4.C16H20O2S4.H2/c1-11(17)12-4-3-5-13(10-12)16(18)20-15-8-6-14(19-2)7-9-15;1-11(17)12-4-3-5-13(6-12)16(18)22-10-15-9-20-14(7-19-2)8-21-15;/h3-5,10,14-15H,6-9H2,1-2H3;3-6,14-15H,7-10H2,1-2H3;1H. The number of thioether (sulfide) groups is 4. The maximum atomic E-state index is 12.3. The third-order valence-electron chi connectivity index (χ3n) is 7.03. The number of ether oxygens (including phenoxy) is 2. The maximum Gasteiger partial charge on any atom is 0.338 e. The molecule has 10 heteroatoms. The van der Waals surface area contributed by atoms with E-state index in [1.54, 1.807) is 55.6 Å². The summed E-state index contributed by atoms with van der Waals surface area (Å²) in [4.78, 5) is 47.0. The van der Waals surface area contributed by atoms with Crippen molar-refractivity contribution in [3.05, 3.63) is 70.8 Å². The van der Waals surface area contributed by atoms with E-state index in [9.17, 15) is 19.2 Å². The van der Waals surface area contributed by atoms with Crippen LogP contribution in [0.25, 0.3) is 0 Å². The van der Waals surface area contributed by atoms with Gasteiger partial charge in [0.25, 0.3) is 0 Å². The lowest BCUT2D eigenvalue weighted by Gasteiger charge is -2.27. The summed E-state index contributed by atoms with van der Waals surface area (Å²) in [6.07, 6.45) is 5.89. The molecule has 2 unspecified atom stereocenters. The van der Waals surface area contributed by atoms with E-state index in [1.807, 2.05) is 35.3 Å². The largest absolute Gasteiger partial charge is 0.459 e. The average molecular weight is 651 g/mol. The number of esters is 1. The van der Waals surface area contributed by atoms with Crippen LogP contribution in [0.5, 0.6) is 0 Å². The van der Waals surface area contributed by atoms with Crippen LogP contribution in [-0.2, 0) is 9.47 Å². The monoisotopic (exact) mass is 650 g/mol. The molecule has 0 radical (unpaired) electrons. The third kappa shape index (κ3) is 11.4. The summed E-state index contributed by atoms with van der Waals surface area (Å²) in [5, 5.41) is 1.37. The summed E-state index contributed by atoms with van der Waals surface area (Å²) < 4.78 is 10.8. The van der Waals surface area contributed by atoms with Crippen LogP contribution in [0, 0.1) is 0 Å². The molecule has 0 N–H and O–H groups in total. The minimum absolute atomic E-state index is 0. The van der Waals surface area contributed by atoms with Crippen molar-refractivity contribution in [3.63, 3.8) is 0 Å². The molecule has 42 heavy (non-hydrogen) atoms. The summed E-state index contributed by atoms with van der Waals surface area (Å²) in [6, 6.07) is 13.7. The number of ketones is 2. The second kappa shape index (κ2) is 18.2. The van der Waals surface area contributed by atoms with Crippen LogP contribution in [0.1, 0.15) is 82.4 Å². The quantitative estimate of drug-likeness (QED) is 0.189. The number of Topliss-reactive ketones (excluding diaryl/α,β-unsaturated/α-hetero) is 2. The molecule has 1 aliphatic carbocycles. The molecule has 1 aliphatic heterocycles. The number of methoxy groups -OCH3 is 1. The van der Waals surface area contributed by atoms with Crippen molar-refractivity contribution in [1.82, 2.24) is 0 Å². The van der Waals surface area contributed by atoms with Gasteiger partial charge in [-0.1, -0.05) is 42.1 Å². The molecule has 2 atom stereocenters. The molecule has 1 heterocycles. The molecule has 2 fully saturated rings. The zero-order valence-electron chi connectivity index (χ0n) is 24.7. The number of carbonyl (C=O) groups is 4. The Morgan fingerprint density at radius 3 is 1.81 bits per heavy atom. The van der Waals surface area contributed by atoms with Gasteiger partial charge >= 0.3 is 5.97 Å². The van der Waals surface area contributed by atoms with Gasteiger partial charge in [0.1, 0.15) is 6.10 Å². The Hall–Kier alpha value is -1.72. The highest BCUT2D eigenvalue weighted by Gasteiger charge is 2.25. The molecule has 0 bridgehead atoms. The normalized spacial score (nSPS) is 21.9. The fourth-order valence-electron chi connectivity index (χ4n) is 4.55. The van der Waals surface area contributed by atoms with E-state index in [1.165, 1.54) is 37.1 Å². The first-order valence-electron chi connectivity index (χ1n) is 14.0. The second-order valence-corrected chi connectivity index (χ2v) is 14.8. The number of hydrogen-bond acceptors (Lipinski definition) is 10. The van der Waals surface area contributed by atoms with Crippen molar-refractivity contribution < 1.29 is 30.1 Å². The highest BCUT2D eigenvalue weighted by atomic mass is 32.2. The van der Waals surface area contributed by atoms with Crippen LogP contribution in [0.4, 0.5) is 0 Å². The minimum atomic E-state index is -0.353.